The van der Waals surface area contributed by atoms with Gasteiger partial charge in [0.2, 0.25) is 0 Å². The summed E-state index contributed by atoms with van der Waals surface area (Å²) in [6.45, 7) is 2.13. The van der Waals surface area contributed by atoms with E-state index in [-0.39, 0.29) is 0 Å². The van der Waals surface area contributed by atoms with E-state index in [1.54, 1.807) is 4.68 Å². The average Bonchev–Trinajstić information content (AvgIpc) is 2.78. The molecule has 16 heavy (non-hydrogen) atoms. The molecule has 1 unspecified atom stereocenters. The maximum atomic E-state index is 4.05. The molecule has 1 aromatic carbocycles. The van der Waals surface area contributed by atoms with E-state index in [0.717, 1.165) is 24.4 Å². The van der Waals surface area contributed by atoms with Gasteiger partial charge in [0, 0.05) is 11.2 Å². The van der Waals surface area contributed by atoms with E-state index in [9.17, 15) is 0 Å². The first-order valence-corrected chi connectivity index (χ1v) is 6.19. The van der Waals surface area contributed by atoms with Crippen LogP contribution in [0, 0.1) is 0 Å². The van der Waals surface area contributed by atoms with E-state index in [1.165, 1.54) is 0 Å². The highest BCUT2D eigenvalue weighted by atomic mass is 79.9. The van der Waals surface area contributed by atoms with Crippen molar-refractivity contribution in [3.05, 3.63) is 36.2 Å². The number of hydrogen-bond acceptors (Lipinski definition) is 3. The topological polar surface area (TPSA) is 43.6 Å². The van der Waals surface area contributed by atoms with E-state index in [4.69, 9.17) is 0 Å². The quantitative estimate of drug-likeness (QED) is 0.808. The SMILES string of the molecule is CCC(Br)Cc1nnnn1-c1ccccc1. The van der Waals surface area contributed by atoms with Crippen molar-refractivity contribution < 1.29 is 0 Å². The van der Waals surface area contributed by atoms with Crippen molar-refractivity contribution in [1.82, 2.24) is 20.2 Å². The van der Waals surface area contributed by atoms with Crippen LogP contribution >= 0.6 is 15.9 Å². The van der Waals surface area contributed by atoms with E-state index in [0.29, 0.717) is 4.83 Å². The Balaban J connectivity index is 2.26. The molecule has 5 heteroatoms. The molecule has 0 aliphatic carbocycles. The van der Waals surface area contributed by atoms with Gasteiger partial charge < -0.3 is 0 Å². The number of tetrazole rings is 1. The van der Waals surface area contributed by atoms with Gasteiger partial charge in [-0.05, 0) is 29.0 Å². The zero-order chi connectivity index (χ0) is 11.4. The highest BCUT2D eigenvalue weighted by molar-refractivity contribution is 9.09. The summed E-state index contributed by atoms with van der Waals surface area (Å²) in [6.07, 6.45) is 1.89. The molecule has 0 saturated carbocycles. The summed E-state index contributed by atoms with van der Waals surface area (Å²) in [4.78, 5) is 0.418. The zero-order valence-electron chi connectivity index (χ0n) is 9.05. The minimum absolute atomic E-state index is 0.418. The molecule has 0 saturated heterocycles. The molecule has 0 bridgehead atoms. The van der Waals surface area contributed by atoms with Crippen LogP contribution in [-0.4, -0.2) is 25.0 Å². The molecule has 1 atom stereocenters. The van der Waals surface area contributed by atoms with Crippen LogP contribution in [0.3, 0.4) is 0 Å². The molecule has 0 aliphatic heterocycles. The van der Waals surface area contributed by atoms with Crippen molar-refractivity contribution in [1.29, 1.82) is 0 Å². The van der Waals surface area contributed by atoms with Crippen LogP contribution in [0.15, 0.2) is 30.3 Å². The van der Waals surface area contributed by atoms with Crippen LogP contribution in [0.25, 0.3) is 5.69 Å². The molecule has 2 rings (SSSR count). The molecule has 2 aromatic rings. The molecule has 0 fully saturated rings. The van der Waals surface area contributed by atoms with Crippen LogP contribution < -0.4 is 0 Å². The lowest BCUT2D eigenvalue weighted by Crippen LogP contribution is -2.09. The van der Waals surface area contributed by atoms with Crippen LogP contribution in [0.4, 0.5) is 0 Å². The van der Waals surface area contributed by atoms with Gasteiger partial charge in [-0.1, -0.05) is 41.1 Å². The summed E-state index contributed by atoms with van der Waals surface area (Å²) in [5.41, 5.74) is 0.998. The van der Waals surface area contributed by atoms with Gasteiger partial charge in [-0.25, -0.2) is 0 Å². The predicted octanol–water partition coefficient (Wildman–Crippen LogP) is 2.38. The largest absolute Gasteiger partial charge is 0.197 e. The number of halogens is 1. The van der Waals surface area contributed by atoms with Crippen LogP contribution in [0.1, 0.15) is 19.2 Å². The maximum Gasteiger partial charge on any atom is 0.157 e. The Morgan fingerprint density at radius 1 is 1.31 bits per heavy atom. The second-order valence-electron chi connectivity index (χ2n) is 3.55. The van der Waals surface area contributed by atoms with Gasteiger partial charge in [-0.3, -0.25) is 0 Å². The minimum atomic E-state index is 0.418. The van der Waals surface area contributed by atoms with Gasteiger partial charge in [0.15, 0.2) is 5.82 Å². The molecule has 84 valence electrons. The smallest absolute Gasteiger partial charge is 0.157 e. The highest BCUT2D eigenvalue weighted by Crippen LogP contribution is 2.13. The third kappa shape index (κ3) is 2.47. The first kappa shape index (κ1) is 11.3. The standard InChI is InChI=1S/C11H13BrN4/c1-2-9(12)8-11-13-14-15-16(11)10-6-4-3-5-7-10/h3-7,9H,2,8H2,1H3. The predicted molar refractivity (Wildman–Crippen MR) is 65.9 cm³/mol. The molecular weight excluding hydrogens is 268 g/mol. The first-order valence-electron chi connectivity index (χ1n) is 5.28. The lowest BCUT2D eigenvalue weighted by atomic mass is 10.2. The minimum Gasteiger partial charge on any atom is -0.197 e. The number of alkyl halides is 1. The first-order chi connectivity index (χ1) is 7.81. The Hall–Kier alpha value is -1.23. The van der Waals surface area contributed by atoms with Crippen molar-refractivity contribution in [2.45, 2.75) is 24.6 Å². The lowest BCUT2D eigenvalue weighted by Gasteiger charge is -2.06. The summed E-state index contributed by atoms with van der Waals surface area (Å²) in [7, 11) is 0. The second kappa shape index (κ2) is 5.21. The van der Waals surface area contributed by atoms with Crippen LogP contribution in [-0.2, 0) is 6.42 Å². The molecule has 0 radical (unpaired) electrons. The Labute approximate surface area is 103 Å². The number of hydrogen-bond donors (Lipinski definition) is 0. The molecule has 1 heterocycles. The van der Waals surface area contributed by atoms with Crippen molar-refractivity contribution in [2.75, 3.05) is 0 Å². The van der Waals surface area contributed by atoms with Gasteiger partial charge in [0.25, 0.3) is 0 Å². The number of aromatic nitrogens is 4. The summed E-state index contributed by atoms with van der Waals surface area (Å²) in [5.74, 6) is 0.884. The summed E-state index contributed by atoms with van der Waals surface area (Å²) < 4.78 is 1.78. The Morgan fingerprint density at radius 3 is 2.75 bits per heavy atom. The molecule has 1 aromatic heterocycles. The second-order valence-corrected chi connectivity index (χ2v) is 4.85. The molecule has 4 nitrogen and oxygen atoms in total. The normalized spacial score (nSPS) is 12.6. The Morgan fingerprint density at radius 2 is 2.06 bits per heavy atom. The van der Waals surface area contributed by atoms with Gasteiger partial charge in [-0.2, -0.15) is 4.68 Å². The molecule has 0 N–H and O–H groups in total. The number of rotatable bonds is 4. The third-order valence-electron chi connectivity index (χ3n) is 2.38. The van der Waals surface area contributed by atoms with Crippen LogP contribution in [0.2, 0.25) is 0 Å². The maximum absolute atomic E-state index is 4.05. The van der Waals surface area contributed by atoms with Crippen molar-refractivity contribution in [3.63, 3.8) is 0 Å². The van der Waals surface area contributed by atoms with Crippen molar-refractivity contribution in [2.24, 2.45) is 0 Å². The van der Waals surface area contributed by atoms with Gasteiger partial charge in [0.1, 0.15) is 0 Å². The molecule has 0 amide bonds. The molecular formula is C11H13BrN4. The Kier molecular flexibility index (Phi) is 3.66. The van der Waals surface area contributed by atoms with Gasteiger partial charge in [0.05, 0.1) is 5.69 Å². The van der Waals surface area contributed by atoms with E-state index in [1.807, 2.05) is 30.3 Å². The van der Waals surface area contributed by atoms with Crippen molar-refractivity contribution >= 4 is 15.9 Å². The fraction of sp³-hybridized carbons (Fsp3) is 0.364. The molecule has 0 aliphatic rings. The third-order valence-corrected chi connectivity index (χ3v) is 3.35. The van der Waals surface area contributed by atoms with Gasteiger partial charge >= 0.3 is 0 Å². The number of para-hydroxylation sites is 1. The fourth-order valence-electron chi connectivity index (χ4n) is 1.45. The monoisotopic (exact) mass is 280 g/mol. The number of nitrogens with zero attached hydrogens (tertiary/aromatic N) is 4. The lowest BCUT2D eigenvalue weighted by molar-refractivity contribution is 0.728. The summed E-state index contributed by atoms with van der Waals surface area (Å²) in [5, 5.41) is 11.8. The van der Waals surface area contributed by atoms with Gasteiger partial charge in [-0.15, -0.1) is 5.10 Å². The van der Waals surface area contributed by atoms with Crippen molar-refractivity contribution in [3.8, 4) is 5.69 Å². The van der Waals surface area contributed by atoms with E-state index >= 15 is 0 Å². The van der Waals surface area contributed by atoms with E-state index < -0.39 is 0 Å². The molecule has 0 spiro atoms. The fourth-order valence-corrected chi connectivity index (χ4v) is 1.73. The van der Waals surface area contributed by atoms with Crippen LogP contribution in [0.5, 0.6) is 0 Å². The summed E-state index contributed by atoms with van der Waals surface area (Å²) >= 11 is 3.60. The van der Waals surface area contributed by atoms with E-state index in [2.05, 4.69) is 38.4 Å². The zero-order valence-corrected chi connectivity index (χ0v) is 10.6. The average molecular weight is 281 g/mol. The number of benzene rings is 1. The Bertz CT molecular complexity index is 440. The summed E-state index contributed by atoms with van der Waals surface area (Å²) in [6, 6.07) is 9.93. The highest BCUT2D eigenvalue weighted by Gasteiger charge is 2.11.